The van der Waals surface area contributed by atoms with Gasteiger partial charge in [0.15, 0.2) is 5.69 Å². The van der Waals surface area contributed by atoms with Gasteiger partial charge in [-0.15, -0.1) is 11.7 Å². The Morgan fingerprint density at radius 1 is 1.48 bits per heavy atom. The van der Waals surface area contributed by atoms with Crippen molar-refractivity contribution in [2.75, 3.05) is 19.6 Å². The van der Waals surface area contributed by atoms with Crippen LogP contribution in [0.25, 0.3) is 0 Å². The van der Waals surface area contributed by atoms with Crippen LogP contribution in [0.2, 0.25) is 0 Å². The molecule has 2 fully saturated rings. The highest BCUT2D eigenvalue weighted by Gasteiger charge is 2.39. The molecule has 3 rings (SSSR count). The number of likely N-dealkylation sites (tertiary alicyclic amines) is 1. The molecule has 1 saturated heterocycles. The van der Waals surface area contributed by atoms with Crippen LogP contribution in [0.1, 0.15) is 29.4 Å². The number of urea groups is 1. The maximum Gasteiger partial charge on any atom is 0.358 e. The van der Waals surface area contributed by atoms with Gasteiger partial charge in [-0.25, -0.2) is 14.3 Å². The highest BCUT2D eigenvalue weighted by Crippen LogP contribution is 2.30. The van der Waals surface area contributed by atoms with Crippen LogP contribution in [-0.2, 0) is 0 Å². The second-order valence-electron chi connectivity index (χ2n) is 5.40. The van der Waals surface area contributed by atoms with Gasteiger partial charge in [-0.3, -0.25) is 0 Å². The smallest absolute Gasteiger partial charge is 0.358 e. The molecule has 2 aliphatic rings. The van der Waals surface area contributed by atoms with Gasteiger partial charge in [-0.2, -0.15) is 0 Å². The molecule has 1 aliphatic heterocycles. The molecule has 0 unspecified atom stereocenters. The van der Waals surface area contributed by atoms with Crippen molar-refractivity contribution in [2.45, 2.75) is 24.9 Å². The highest BCUT2D eigenvalue weighted by atomic mass is 16.4. The van der Waals surface area contributed by atoms with Crippen LogP contribution in [0.3, 0.4) is 0 Å². The molecule has 1 saturated carbocycles. The first-order valence-corrected chi connectivity index (χ1v) is 6.91. The predicted octanol–water partition coefficient (Wildman–Crippen LogP) is 0.603. The van der Waals surface area contributed by atoms with Crippen LogP contribution in [0.15, 0.2) is 18.9 Å². The van der Waals surface area contributed by atoms with Crippen molar-refractivity contribution in [1.29, 1.82) is 0 Å². The molecule has 2 amide bonds. The molecule has 0 radical (unpaired) electrons. The zero-order valence-electron chi connectivity index (χ0n) is 11.6. The first-order chi connectivity index (χ1) is 10.1. The van der Waals surface area contributed by atoms with E-state index < -0.39 is 5.97 Å². The molecule has 0 bridgehead atoms. The minimum absolute atomic E-state index is 0.000616. The van der Waals surface area contributed by atoms with Gasteiger partial charge in [0.2, 0.25) is 0 Å². The average molecular weight is 291 g/mol. The van der Waals surface area contributed by atoms with Gasteiger partial charge in [-0.05, 0) is 12.8 Å². The molecule has 21 heavy (non-hydrogen) atoms. The summed E-state index contributed by atoms with van der Waals surface area (Å²) in [7, 11) is 0. The molecule has 0 atom stereocenters. The predicted molar refractivity (Wildman–Crippen MR) is 72.9 cm³/mol. The minimum Gasteiger partial charge on any atom is -0.476 e. The van der Waals surface area contributed by atoms with Crippen molar-refractivity contribution in [1.82, 2.24) is 24.8 Å². The fourth-order valence-electron chi connectivity index (χ4n) is 2.42. The van der Waals surface area contributed by atoms with Gasteiger partial charge >= 0.3 is 12.0 Å². The minimum atomic E-state index is -1.10. The summed E-state index contributed by atoms with van der Waals surface area (Å²) in [6.07, 6.45) is 5.26. The van der Waals surface area contributed by atoms with E-state index in [4.69, 9.17) is 5.11 Å². The maximum absolute atomic E-state index is 12.4. The fourth-order valence-corrected chi connectivity index (χ4v) is 2.42. The number of hydrogen-bond acceptors (Lipinski definition) is 4. The van der Waals surface area contributed by atoms with E-state index in [0.717, 1.165) is 12.8 Å². The number of aromatic carboxylic acids is 1. The van der Waals surface area contributed by atoms with E-state index >= 15 is 0 Å². The summed E-state index contributed by atoms with van der Waals surface area (Å²) in [6.45, 7) is 5.31. The molecule has 8 heteroatoms. The first-order valence-electron chi connectivity index (χ1n) is 6.91. The van der Waals surface area contributed by atoms with Crippen molar-refractivity contribution in [3.8, 4) is 0 Å². The van der Waals surface area contributed by atoms with Crippen molar-refractivity contribution in [3.63, 3.8) is 0 Å². The second-order valence-corrected chi connectivity index (χ2v) is 5.40. The number of rotatable bonds is 5. The maximum atomic E-state index is 12.4. The lowest BCUT2D eigenvalue weighted by atomic mass is 10.1. The lowest BCUT2D eigenvalue weighted by Crippen LogP contribution is -2.56. The van der Waals surface area contributed by atoms with Gasteiger partial charge in [0, 0.05) is 25.7 Å². The number of aromatic nitrogens is 3. The van der Waals surface area contributed by atoms with Crippen LogP contribution < -0.4 is 0 Å². The van der Waals surface area contributed by atoms with E-state index in [-0.39, 0.29) is 17.8 Å². The summed E-state index contributed by atoms with van der Waals surface area (Å²) in [5.74, 6) is -1.10. The number of hydrogen-bond donors (Lipinski definition) is 1. The quantitative estimate of drug-likeness (QED) is 0.802. The largest absolute Gasteiger partial charge is 0.476 e. The van der Waals surface area contributed by atoms with Gasteiger partial charge in [0.25, 0.3) is 0 Å². The summed E-state index contributed by atoms with van der Waals surface area (Å²) >= 11 is 0. The van der Waals surface area contributed by atoms with Crippen LogP contribution >= 0.6 is 0 Å². The summed E-state index contributed by atoms with van der Waals surface area (Å²) in [4.78, 5) is 26.7. The second kappa shape index (κ2) is 5.19. The van der Waals surface area contributed by atoms with Crippen molar-refractivity contribution in [2.24, 2.45) is 0 Å². The number of amides is 2. The number of carbonyl (C=O) groups is 2. The normalized spacial score (nSPS) is 18.2. The van der Waals surface area contributed by atoms with Crippen molar-refractivity contribution in [3.05, 3.63) is 24.5 Å². The van der Waals surface area contributed by atoms with E-state index in [1.165, 1.54) is 10.9 Å². The average Bonchev–Trinajstić information content (AvgIpc) is 3.11. The SMILES string of the molecule is C=CCN(C(=O)N1CC(n2cc(C(=O)O)nn2)C1)C1CC1. The Hall–Kier alpha value is -2.38. The Morgan fingerprint density at radius 2 is 2.19 bits per heavy atom. The Labute approximate surface area is 121 Å². The van der Waals surface area contributed by atoms with E-state index in [9.17, 15) is 9.59 Å². The Balaban J connectivity index is 1.57. The van der Waals surface area contributed by atoms with E-state index in [1.807, 2.05) is 4.90 Å². The molecule has 1 aromatic rings. The van der Waals surface area contributed by atoms with Gasteiger partial charge < -0.3 is 14.9 Å². The summed E-state index contributed by atoms with van der Waals surface area (Å²) in [5, 5.41) is 16.2. The van der Waals surface area contributed by atoms with Crippen LogP contribution in [0.5, 0.6) is 0 Å². The topological polar surface area (TPSA) is 91.6 Å². The van der Waals surface area contributed by atoms with Crippen LogP contribution in [0.4, 0.5) is 4.79 Å². The number of carboxylic acid groups (broad SMARTS) is 1. The van der Waals surface area contributed by atoms with Gasteiger partial charge in [-0.1, -0.05) is 11.3 Å². The highest BCUT2D eigenvalue weighted by molar-refractivity contribution is 5.84. The van der Waals surface area contributed by atoms with Crippen LogP contribution in [-0.4, -0.2) is 67.6 Å². The zero-order chi connectivity index (χ0) is 15.0. The molecule has 8 nitrogen and oxygen atoms in total. The van der Waals surface area contributed by atoms with E-state index in [1.54, 1.807) is 11.0 Å². The van der Waals surface area contributed by atoms with Crippen molar-refractivity contribution >= 4 is 12.0 Å². The molecule has 1 aromatic heterocycles. The number of carboxylic acids is 1. The number of nitrogens with zero attached hydrogens (tertiary/aromatic N) is 5. The summed E-state index contributed by atoms with van der Waals surface area (Å²) in [6, 6.07) is 0.367. The van der Waals surface area contributed by atoms with Crippen molar-refractivity contribution < 1.29 is 14.7 Å². The summed E-state index contributed by atoms with van der Waals surface area (Å²) in [5.41, 5.74) is -0.0777. The molecule has 0 spiro atoms. The Bertz CT molecular complexity index is 574. The molecule has 1 aliphatic carbocycles. The number of carbonyl (C=O) groups excluding carboxylic acids is 1. The lowest BCUT2D eigenvalue weighted by Gasteiger charge is -2.41. The third-order valence-corrected chi connectivity index (χ3v) is 3.80. The third-order valence-electron chi connectivity index (χ3n) is 3.80. The van der Waals surface area contributed by atoms with E-state index in [2.05, 4.69) is 16.9 Å². The molecule has 2 heterocycles. The third kappa shape index (κ3) is 2.61. The fraction of sp³-hybridized carbons (Fsp3) is 0.538. The van der Waals surface area contributed by atoms with Gasteiger partial charge in [0.05, 0.1) is 12.2 Å². The molecule has 1 N–H and O–H groups in total. The summed E-state index contributed by atoms with van der Waals surface area (Å²) < 4.78 is 1.52. The molecule has 0 aromatic carbocycles. The van der Waals surface area contributed by atoms with Crippen LogP contribution in [0, 0.1) is 0 Å². The van der Waals surface area contributed by atoms with E-state index in [0.29, 0.717) is 25.7 Å². The Morgan fingerprint density at radius 3 is 2.71 bits per heavy atom. The molecular formula is C13H17N5O3. The Kier molecular flexibility index (Phi) is 3.36. The van der Waals surface area contributed by atoms with Gasteiger partial charge in [0.1, 0.15) is 0 Å². The first kappa shape index (κ1) is 13.6. The lowest BCUT2D eigenvalue weighted by molar-refractivity contribution is 0.0689. The molecular weight excluding hydrogens is 274 g/mol. The zero-order valence-corrected chi connectivity index (χ0v) is 11.6. The molecule has 112 valence electrons. The standard InChI is InChI=1S/C13H17N5O3/c1-2-5-17(9-3-4-9)13(21)16-6-10(7-16)18-8-11(12(19)20)14-15-18/h2,8-10H,1,3-7H2,(H,19,20). The monoisotopic (exact) mass is 291 g/mol.